The first kappa shape index (κ1) is 19.9. The zero-order chi connectivity index (χ0) is 18.0. The summed E-state index contributed by atoms with van der Waals surface area (Å²) in [5.74, 6) is 0.206. The maximum absolute atomic E-state index is 6.42. The molecule has 1 aliphatic carbocycles. The Morgan fingerprint density at radius 2 is 1.92 bits per heavy atom. The van der Waals surface area contributed by atoms with Gasteiger partial charge in [0.25, 0.3) is 0 Å². The molecule has 0 bridgehead atoms. The molecule has 1 aliphatic rings. The van der Waals surface area contributed by atoms with E-state index in [9.17, 15) is 0 Å². The summed E-state index contributed by atoms with van der Waals surface area (Å²) >= 11 is 0. The van der Waals surface area contributed by atoms with Crippen molar-refractivity contribution in [3.63, 3.8) is 0 Å². The van der Waals surface area contributed by atoms with Crippen molar-refractivity contribution in [3.05, 3.63) is 36.2 Å². The molecule has 0 fully saturated rings. The molecule has 140 valence electrons. The number of H-pyrrole nitrogens is 1. The molecule has 0 saturated carbocycles. The van der Waals surface area contributed by atoms with Gasteiger partial charge in [-0.15, -0.1) is 0 Å². The molecule has 0 aliphatic heterocycles. The minimum absolute atomic E-state index is 0.0795. The van der Waals surface area contributed by atoms with Crippen LogP contribution in [0.5, 0.6) is 0 Å². The third-order valence-corrected chi connectivity index (χ3v) is 5.35. The molecular weight excluding hydrogens is 310 g/mol. The van der Waals surface area contributed by atoms with E-state index in [4.69, 9.17) is 4.74 Å². The maximum atomic E-state index is 6.42. The van der Waals surface area contributed by atoms with Crippen LogP contribution in [0, 0.1) is 5.41 Å². The van der Waals surface area contributed by atoms with Gasteiger partial charge in [-0.25, -0.2) is 0 Å². The lowest BCUT2D eigenvalue weighted by molar-refractivity contribution is -0.0262. The number of allylic oxidation sites excluding steroid dienone is 3. The maximum Gasteiger partial charge on any atom is 0.0902 e. The smallest absolute Gasteiger partial charge is 0.0902 e. The highest BCUT2D eigenvalue weighted by molar-refractivity contribution is 5.29. The van der Waals surface area contributed by atoms with Crippen LogP contribution >= 0.6 is 0 Å². The minimum atomic E-state index is -0.0795. The van der Waals surface area contributed by atoms with Gasteiger partial charge in [-0.2, -0.15) is 15.4 Å². The largest absolute Gasteiger partial charge is 0.377 e. The van der Waals surface area contributed by atoms with Crippen LogP contribution in [-0.2, 0) is 4.74 Å². The Balaban J connectivity index is 1.94. The van der Waals surface area contributed by atoms with Crippen LogP contribution in [0.25, 0.3) is 0 Å². The highest BCUT2D eigenvalue weighted by atomic mass is 16.5. The zero-order valence-corrected chi connectivity index (χ0v) is 16.2. The summed E-state index contributed by atoms with van der Waals surface area (Å²) in [6.45, 7) is 7.65. The van der Waals surface area contributed by atoms with Crippen molar-refractivity contribution in [1.29, 1.82) is 0 Å². The van der Waals surface area contributed by atoms with E-state index in [2.05, 4.69) is 60.5 Å². The van der Waals surface area contributed by atoms with Crippen molar-refractivity contribution in [3.8, 4) is 0 Å². The van der Waals surface area contributed by atoms with Crippen molar-refractivity contribution >= 4 is 0 Å². The van der Waals surface area contributed by atoms with Crippen LogP contribution in [0.3, 0.4) is 0 Å². The van der Waals surface area contributed by atoms with Gasteiger partial charge in [0.05, 0.1) is 18.0 Å². The Hall–Kier alpha value is -1.42. The average Bonchev–Trinajstić information content (AvgIpc) is 3.14. The number of hydrogen-bond acceptors (Lipinski definition) is 3. The third-order valence-electron chi connectivity index (χ3n) is 5.35. The number of hydrogen-bond donors (Lipinski definition) is 1. The second-order valence-corrected chi connectivity index (χ2v) is 7.40. The van der Waals surface area contributed by atoms with Crippen LogP contribution in [0.2, 0.25) is 0 Å². The molecule has 1 heterocycles. The molecule has 0 saturated heterocycles. The van der Waals surface area contributed by atoms with E-state index < -0.39 is 0 Å². The summed E-state index contributed by atoms with van der Waals surface area (Å²) in [7, 11) is 0. The molecule has 0 aromatic carbocycles. The number of ether oxygens (including phenoxy) is 1. The third kappa shape index (κ3) is 5.53. The normalized spacial score (nSPS) is 23.9. The summed E-state index contributed by atoms with van der Waals surface area (Å²) in [5.41, 5.74) is 0.913. The van der Waals surface area contributed by atoms with Gasteiger partial charge in [-0.1, -0.05) is 83.6 Å². The van der Waals surface area contributed by atoms with E-state index in [1.807, 2.05) is 6.20 Å². The van der Waals surface area contributed by atoms with Gasteiger partial charge in [0.2, 0.25) is 0 Å². The molecular formula is C21H35N3O. The molecule has 1 N–H and O–H groups in total. The molecule has 0 amide bonds. The topological polar surface area (TPSA) is 50.8 Å². The first-order valence-corrected chi connectivity index (χ1v) is 10.1. The number of aromatic nitrogens is 3. The summed E-state index contributed by atoms with van der Waals surface area (Å²) < 4.78 is 6.42. The quantitative estimate of drug-likeness (QED) is 0.504. The highest BCUT2D eigenvalue weighted by Crippen LogP contribution is 2.45. The lowest BCUT2D eigenvalue weighted by Crippen LogP contribution is -2.39. The zero-order valence-electron chi connectivity index (χ0n) is 16.2. The van der Waals surface area contributed by atoms with Crippen LogP contribution in [0.15, 0.2) is 30.5 Å². The molecule has 0 spiro atoms. The minimum Gasteiger partial charge on any atom is -0.377 e. The number of rotatable bonds is 12. The van der Waals surface area contributed by atoms with Gasteiger partial charge < -0.3 is 4.74 Å². The number of aromatic amines is 1. The van der Waals surface area contributed by atoms with Crippen LogP contribution in [0.1, 0.15) is 83.7 Å². The number of unbranched alkanes of at least 4 members (excludes halogenated alkanes) is 5. The molecule has 3 atom stereocenters. The van der Waals surface area contributed by atoms with Gasteiger partial charge in [-0.05, 0) is 12.8 Å². The summed E-state index contributed by atoms with van der Waals surface area (Å²) in [4.78, 5) is 0. The van der Waals surface area contributed by atoms with Crippen molar-refractivity contribution in [2.45, 2.75) is 84.2 Å². The average molecular weight is 346 g/mol. The lowest BCUT2D eigenvalue weighted by atomic mass is 9.68. The van der Waals surface area contributed by atoms with E-state index in [0.717, 1.165) is 31.6 Å². The molecule has 1 aromatic heterocycles. The van der Waals surface area contributed by atoms with Crippen LogP contribution in [-0.4, -0.2) is 28.1 Å². The molecule has 1 aromatic rings. The molecule has 25 heavy (non-hydrogen) atoms. The molecule has 3 unspecified atom stereocenters. The van der Waals surface area contributed by atoms with E-state index in [1.54, 1.807) is 0 Å². The van der Waals surface area contributed by atoms with Crippen molar-refractivity contribution in [1.82, 2.24) is 15.4 Å². The fourth-order valence-electron chi connectivity index (χ4n) is 3.78. The molecule has 0 radical (unpaired) electrons. The van der Waals surface area contributed by atoms with Crippen molar-refractivity contribution in [2.75, 3.05) is 6.61 Å². The Morgan fingerprint density at radius 1 is 1.12 bits per heavy atom. The lowest BCUT2D eigenvalue weighted by Gasteiger charge is -2.41. The summed E-state index contributed by atoms with van der Waals surface area (Å²) in [6, 6.07) is 0. The second kappa shape index (κ2) is 10.5. The second-order valence-electron chi connectivity index (χ2n) is 7.40. The first-order chi connectivity index (χ1) is 12.2. The predicted octanol–water partition coefficient (Wildman–Crippen LogP) is 5.57. The summed E-state index contributed by atoms with van der Waals surface area (Å²) in [6.07, 6.45) is 20.8. The number of nitrogens with one attached hydrogen (secondary N) is 1. The van der Waals surface area contributed by atoms with Gasteiger partial charge in [0, 0.05) is 17.9 Å². The Kier molecular flexibility index (Phi) is 8.39. The van der Waals surface area contributed by atoms with E-state index in [0.29, 0.717) is 0 Å². The fraction of sp³-hybridized carbons (Fsp3) is 0.714. The Morgan fingerprint density at radius 3 is 2.64 bits per heavy atom. The first-order valence-electron chi connectivity index (χ1n) is 10.1. The molecule has 4 nitrogen and oxygen atoms in total. The standard InChI is InChI=1S/C21H35N3O/c1-4-6-7-8-9-12-16-25-20(13-5-2)21(3)15-11-10-14-18(21)19-17-22-24-23-19/h10-11,14-15,17-18,20H,4-9,12-13,16H2,1-3H3,(H,22,23,24). The van der Waals surface area contributed by atoms with E-state index in [-0.39, 0.29) is 17.4 Å². The van der Waals surface area contributed by atoms with Gasteiger partial charge in [0.15, 0.2) is 0 Å². The number of nitrogens with zero attached hydrogens (tertiary/aromatic N) is 2. The van der Waals surface area contributed by atoms with Gasteiger partial charge in [0.1, 0.15) is 0 Å². The fourth-order valence-corrected chi connectivity index (χ4v) is 3.78. The monoisotopic (exact) mass is 345 g/mol. The van der Waals surface area contributed by atoms with Crippen molar-refractivity contribution < 1.29 is 4.74 Å². The van der Waals surface area contributed by atoms with E-state index >= 15 is 0 Å². The van der Waals surface area contributed by atoms with Gasteiger partial charge >= 0.3 is 0 Å². The van der Waals surface area contributed by atoms with Crippen molar-refractivity contribution in [2.24, 2.45) is 5.41 Å². The van der Waals surface area contributed by atoms with Crippen LogP contribution < -0.4 is 0 Å². The Bertz CT molecular complexity index is 523. The molecule has 4 heteroatoms. The van der Waals surface area contributed by atoms with Crippen LogP contribution in [0.4, 0.5) is 0 Å². The highest BCUT2D eigenvalue weighted by Gasteiger charge is 2.41. The molecule has 2 rings (SSSR count). The SMILES string of the molecule is CCCCCCCCOC(CCC)C1(C)C=CC=CC1c1cn[nH]n1. The Labute approximate surface area is 153 Å². The van der Waals surface area contributed by atoms with E-state index in [1.165, 1.54) is 32.1 Å². The predicted molar refractivity (Wildman–Crippen MR) is 104 cm³/mol. The van der Waals surface area contributed by atoms with Gasteiger partial charge in [-0.3, -0.25) is 0 Å². The summed E-state index contributed by atoms with van der Waals surface area (Å²) in [5, 5.41) is 11.1.